The number of methoxy groups -OCH3 is 5. The number of hydrogen-bond acceptors (Lipinski definition) is 8. The van der Waals surface area contributed by atoms with E-state index in [0.29, 0.717) is 41.4 Å². The maximum atomic E-state index is 13.0. The highest BCUT2D eigenvalue weighted by Crippen LogP contribution is 2.45. The number of benzene rings is 2. The van der Waals surface area contributed by atoms with Crippen molar-refractivity contribution in [2.24, 2.45) is 11.3 Å². The number of alkyl halides is 2. The number of rotatable bonds is 13. The molecule has 0 aliphatic heterocycles. The van der Waals surface area contributed by atoms with Gasteiger partial charge in [0.25, 0.3) is 0 Å². The van der Waals surface area contributed by atoms with E-state index < -0.39 is 11.4 Å². The molecular formula is C34H48Br2O8. The summed E-state index contributed by atoms with van der Waals surface area (Å²) in [5.74, 6) is 2.12. The average molecular weight is 745 g/mol. The first-order valence-corrected chi connectivity index (χ1v) is 16.3. The molecule has 44 heavy (non-hydrogen) atoms. The van der Waals surface area contributed by atoms with Crippen molar-refractivity contribution < 1.29 is 38.1 Å². The molecule has 4 rings (SSSR count). The Morgan fingerprint density at radius 3 is 1.77 bits per heavy atom. The van der Waals surface area contributed by atoms with Crippen molar-refractivity contribution in [3.8, 4) is 23.0 Å². The first-order valence-electron chi connectivity index (χ1n) is 14.0. The van der Waals surface area contributed by atoms with Crippen molar-refractivity contribution >= 4 is 49.4 Å². The maximum Gasteiger partial charge on any atom is 0.320 e. The van der Waals surface area contributed by atoms with Crippen LogP contribution in [0.1, 0.15) is 85.2 Å². The summed E-state index contributed by atoms with van der Waals surface area (Å²) in [6.45, 7) is 0. The Morgan fingerprint density at radius 2 is 1.25 bits per heavy atom. The molecule has 0 amide bonds. The molecule has 0 bridgehead atoms. The van der Waals surface area contributed by atoms with Crippen molar-refractivity contribution in [1.82, 2.24) is 0 Å². The Balaban J connectivity index is 0.000000427. The summed E-state index contributed by atoms with van der Waals surface area (Å²) in [5.41, 5.74) is 2.09. The third-order valence-corrected chi connectivity index (χ3v) is 9.11. The number of ketones is 2. The van der Waals surface area contributed by atoms with Gasteiger partial charge in [-0.05, 0) is 73.9 Å². The van der Waals surface area contributed by atoms with Gasteiger partial charge in [-0.15, -0.1) is 0 Å². The minimum atomic E-state index is -1.13. The summed E-state index contributed by atoms with van der Waals surface area (Å²) in [6.07, 6.45) is 6.49. The number of Topliss-reactive ketones (excluding diaryl/α,β-unsaturated/α-hetero) is 2. The first-order chi connectivity index (χ1) is 20.2. The van der Waals surface area contributed by atoms with E-state index in [1.54, 1.807) is 33.5 Å². The van der Waals surface area contributed by atoms with E-state index in [1.165, 1.54) is 14.2 Å². The van der Waals surface area contributed by atoms with Crippen LogP contribution in [0.3, 0.4) is 0 Å². The van der Waals surface area contributed by atoms with Crippen LogP contribution in [0, 0.1) is 11.3 Å². The second-order valence-electron chi connectivity index (χ2n) is 10.4. The number of fused-ring (bicyclic) bond motifs is 2. The lowest BCUT2D eigenvalue weighted by Crippen LogP contribution is -2.38. The fourth-order valence-electron chi connectivity index (χ4n) is 5.74. The van der Waals surface area contributed by atoms with E-state index >= 15 is 0 Å². The zero-order valence-corrected chi connectivity index (χ0v) is 28.2. The largest absolute Gasteiger partial charge is 0.493 e. The fraction of sp³-hybridized carbons (Fsp3) is 0.559. The van der Waals surface area contributed by atoms with Gasteiger partial charge in [0.1, 0.15) is 5.41 Å². The highest BCUT2D eigenvalue weighted by molar-refractivity contribution is 9.09. The summed E-state index contributed by atoms with van der Waals surface area (Å²) in [4.78, 5) is 37.7. The van der Waals surface area contributed by atoms with Crippen LogP contribution >= 0.6 is 31.9 Å². The minimum absolute atomic E-state index is 0. The molecule has 2 atom stereocenters. The van der Waals surface area contributed by atoms with E-state index in [0.717, 1.165) is 65.9 Å². The monoisotopic (exact) mass is 742 g/mol. The molecule has 0 aromatic heterocycles. The average Bonchev–Trinajstić information content (AvgIpc) is 3.47. The van der Waals surface area contributed by atoms with Gasteiger partial charge in [-0.1, -0.05) is 59.6 Å². The Bertz CT molecular complexity index is 1280. The van der Waals surface area contributed by atoms with Crippen molar-refractivity contribution in [2.75, 3.05) is 46.2 Å². The number of halogens is 2. The van der Waals surface area contributed by atoms with E-state index in [2.05, 4.69) is 31.9 Å². The minimum Gasteiger partial charge on any atom is -0.493 e. The van der Waals surface area contributed by atoms with Gasteiger partial charge in [0.2, 0.25) is 0 Å². The Hall–Kier alpha value is -2.59. The number of ether oxygens (including phenoxy) is 5. The van der Waals surface area contributed by atoms with Crippen LogP contribution in [0.15, 0.2) is 24.3 Å². The first kappa shape index (κ1) is 39.4. The molecule has 0 saturated carbocycles. The number of esters is 1. The smallest absolute Gasteiger partial charge is 0.320 e. The summed E-state index contributed by atoms with van der Waals surface area (Å²) in [5, 5.41) is 1.84. The zero-order valence-electron chi connectivity index (χ0n) is 25.0. The van der Waals surface area contributed by atoms with E-state index in [-0.39, 0.29) is 32.3 Å². The molecule has 8 nitrogen and oxygen atoms in total. The van der Waals surface area contributed by atoms with Gasteiger partial charge in [-0.3, -0.25) is 14.4 Å². The molecule has 0 saturated heterocycles. The standard InChI is InChI=1S/C17H21BrO5.C15H19BrO3.2CH4/c1-21-13-8-11-10-17(16(20)23-3,6-4-5-7-18)15(19)12(11)9-14(13)22-2;1-18-13-8-11-7-10(5-3-4-6-16)15(17)12(11)9-14(13)19-2;;/h8-9H,4-7,10H2,1-3H3;8-10H,3-7H2,1-2H3;2*1H4. The van der Waals surface area contributed by atoms with Gasteiger partial charge >= 0.3 is 5.97 Å². The molecule has 0 spiro atoms. The zero-order chi connectivity index (χ0) is 30.9. The predicted octanol–water partition coefficient (Wildman–Crippen LogP) is 8.06. The molecule has 2 aliphatic rings. The maximum absolute atomic E-state index is 13.0. The SMILES string of the molecule is C.C.COC(=O)C1(CCCCBr)Cc2cc(OC)c(OC)cc2C1=O.COc1cc2c(cc1OC)C(=O)C(CCCCBr)C2. The molecule has 2 unspecified atom stereocenters. The number of unbranched alkanes of at least 4 members (excludes halogenated alkanes) is 2. The van der Waals surface area contributed by atoms with E-state index in [1.807, 2.05) is 12.1 Å². The van der Waals surface area contributed by atoms with E-state index in [9.17, 15) is 14.4 Å². The lowest BCUT2D eigenvalue weighted by molar-refractivity contribution is -0.149. The molecule has 0 N–H and O–H groups in total. The second kappa shape index (κ2) is 18.4. The highest BCUT2D eigenvalue weighted by atomic mass is 79.9. The number of carbonyl (C=O) groups is 3. The summed E-state index contributed by atoms with van der Waals surface area (Å²) in [6, 6.07) is 7.20. The van der Waals surface area contributed by atoms with Crippen LogP contribution in [-0.4, -0.2) is 63.7 Å². The van der Waals surface area contributed by atoms with Gasteiger partial charge in [0.15, 0.2) is 34.6 Å². The molecular weight excluding hydrogens is 696 g/mol. The van der Waals surface area contributed by atoms with Crippen LogP contribution in [0.5, 0.6) is 23.0 Å². The predicted molar refractivity (Wildman–Crippen MR) is 182 cm³/mol. The topological polar surface area (TPSA) is 97.4 Å². The van der Waals surface area contributed by atoms with Gasteiger partial charge < -0.3 is 23.7 Å². The van der Waals surface area contributed by atoms with Crippen LogP contribution in [-0.2, 0) is 22.4 Å². The summed E-state index contributed by atoms with van der Waals surface area (Å²) in [7, 11) is 7.61. The molecule has 2 aromatic carbocycles. The molecule has 10 heteroatoms. The molecule has 0 fully saturated rings. The normalized spacial score (nSPS) is 17.7. The fourth-order valence-corrected chi connectivity index (χ4v) is 6.54. The molecule has 0 radical (unpaired) electrons. The lowest BCUT2D eigenvalue weighted by atomic mass is 9.79. The second-order valence-corrected chi connectivity index (χ2v) is 12.0. The summed E-state index contributed by atoms with van der Waals surface area (Å²) >= 11 is 6.80. The van der Waals surface area contributed by atoms with Gasteiger partial charge in [-0.25, -0.2) is 0 Å². The third kappa shape index (κ3) is 8.36. The number of hydrogen-bond donors (Lipinski definition) is 0. The van der Waals surface area contributed by atoms with Crippen LogP contribution in [0.4, 0.5) is 0 Å². The van der Waals surface area contributed by atoms with Crippen molar-refractivity contribution in [1.29, 1.82) is 0 Å². The molecule has 2 aromatic rings. The lowest BCUT2D eigenvalue weighted by Gasteiger charge is -2.24. The van der Waals surface area contributed by atoms with Crippen LogP contribution in [0.25, 0.3) is 0 Å². The van der Waals surface area contributed by atoms with Crippen molar-refractivity contribution in [3.05, 3.63) is 46.5 Å². The Labute approximate surface area is 279 Å². The quantitative estimate of drug-likeness (QED) is 0.0880. The Kier molecular flexibility index (Phi) is 16.5. The van der Waals surface area contributed by atoms with Gasteiger partial charge in [-0.2, -0.15) is 0 Å². The van der Waals surface area contributed by atoms with E-state index in [4.69, 9.17) is 23.7 Å². The third-order valence-electron chi connectivity index (χ3n) is 7.99. The van der Waals surface area contributed by atoms with Crippen molar-refractivity contribution in [2.45, 2.75) is 66.2 Å². The van der Waals surface area contributed by atoms with Crippen LogP contribution < -0.4 is 18.9 Å². The molecule has 0 heterocycles. The molecule has 246 valence electrons. The van der Waals surface area contributed by atoms with Gasteiger partial charge in [0, 0.05) is 27.7 Å². The highest BCUT2D eigenvalue weighted by Gasteiger charge is 2.52. The molecule has 2 aliphatic carbocycles. The number of carbonyl (C=O) groups excluding carboxylic acids is 3. The van der Waals surface area contributed by atoms with Crippen LogP contribution in [0.2, 0.25) is 0 Å². The Morgan fingerprint density at radius 1 is 0.750 bits per heavy atom. The van der Waals surface area contributed by atoms with Gasteiger partial charge in [0.05, 0.1) is 35.5 Å². The summed E-state index contributed by atoms with van der Waals surface area (Å²) < 4.78 is 26.1. The van der Waals surface area contributed by atoms with Crippen molar-refractivity contribution in [3.63, 3.8) is 0 Å².